The number of hydrogen-bond donors (Lipinski definition) is 0. The van der Waals surface area contributed by atoms with Crippen molar-refractivity contribution in [1.82, 2.24) is 19.9 Å². The average molecular weight is 509 g/mol. The SMILES string of the molecule is CCOC(=O)CC(c1ccc2c(c1)CN(C(=O)OC(C)(C)C)CC2)c1cc(OC)c2c(nnn2C)c1C. The van der Waals surface area contributed by atoms with Gasteiger partial charge in [-0.2, -0.15) is 0 Å². The average Bonchev–Trinajstić information content (AvgIpc) is 3.24. The molecule has 9 nitrogen and oxygen atoms in total. The van der Waals surface area contributed by atoms with Crippen molar-refractivity contribution in [2.24, 2.45) is 7.05 Å². The van der Waals surface area contributed by atoms with E-state index in [4.69, 9.17) is 14.2 Å². The fraction of sp³-hybridized carbons (Fsp3) is 0.500. The zero-order chi connectivity index (χ0) is 26.9. The molecule has 1 aromatic heterocycles. The van der Waals surface area contributed by atoms with E-state index in [2.05, 4.69) is 28.5 Å². The van der Waals surface area contributed by atoms with Gasteiger partial charge >= 0.3 is 12.1 Å². The van der Waals surface area contributed by atoms with Crippen molar-refractivity contribution in [1.29, 1.82) is 0 Å². The first-order valence-corrected chi connectivity index (χ1v) is 12.6. The highest BCUT2D eigenvalue weighted by atomic mass is 16.6. The van der Waals surface area contributed by atoms with Crippen molar-refractivity contribution in [3.8, 4) is 5.75 Å². The minimum Gasteiger partial charge on any atom is -0.494 e. The van der Waals surface area contributed by atoms with E-state index < -0.39 is 5.60 Å². The number of carbonyl (C=O) groups excluding carboxylic acids is 2. The quantitative estimate of drug-likeness (QED) is 0.447. The monoisotopic (exact) mass is 508 g/mol. The van der Waals surface area contributed by atoms with Gasteiger partial charge in [-0.05, 0) is 74.9 Å². The molecule has 0 saturated heterocycles. The van der Waals surface area contributed by atoms with E-state index in [0.29, 0.717) is 25.4 Å². The number of amides is 1. The van der Waals surface area contributed by atoms with E-state index >= 15 is 0 Å². The molecule has 2 heterocycles. The summed E-state index contributed by atoms with van der Waals surface area (Å²) in [4.78, 5) is 27.2. The second kappa shape index (κ2) is 10.4. The lowest BCUT2D eigenvalue weighted by Gasteiger charge is -2.32. The van der Waals surface area contributed by atoms with E-state index in [9.17, 15) is 9.59 Å². The molecule has 0 aliphatic carbocycles. The molecule has 1 unspecified atom stereocenters. The van der Waals surface area contributed by atoms with Crippen molar-refractivity contribution in [2.75, 3.05) is 20.3 Å². The molecule has 1 amide bonds. The largest absolute Gasteiger partial charge is 0.494 e. The number of methoxy groups -OCH3 is 1. The van der Waals surface area contributed by atoms with Crippen LogP contribution in [0.3, 0.4) is 0 Å². The highest BCUT2D eigenvalue weighted by Gasteiger charge is 2.29. The predicted molar refractivity (Wildman–Crippen MR) is 140 cm³/mol. The Morgan fingerprint density at radius 1 is 1.16 bits per heavy atom. The third-order valence-electron chi connectivity index (χ3n) is 6.70. The number of carbonyl (C=O) groups is 2. The van der Waals surface area contributed by atoms with Crippen molar-refractivity contribution >= 4 is 23.1 Å². The second-order valence-electron chi connectivity index (χ2n) is 10.4. The zero-order valence-electron chi connectivity index (χ0n) is 22.8. The van der Waals surface area contributed by atoms with Gasteiger partial charge in [-0.25, -0.2) is 9.48 Å². The molecule has 3 aromatic rings. The number of fused-ring (bicyclic) bond motifs is 2. The summed E-state index contributed by atoms with van der Waals surface area (Å²) in [6.45, 7) is 10.8. The van der Waals surface area contributed by atoms with Crippen molar-refractivity contribution < 1.29 is 23.8 Å². The maximum atomic E-state index is 12.7. The van der Waals surface area contributed by atoms with Gasteiger partial charge in [0, 0.05) is 26.1 Å². The minimum atomic E-state index is -0.556. The summed E-state index contributed by atoms with van der Waals surface area (Å²) in [7, 11) is 3.44. The third-order valence-corrected chi connectivity index (χ3v) is 6.70. The number of esters is 1. The number of hydrogen-bond acceptors (Lipinski definition) is 7. The van der Waals surface area contributed by atoms with Gasteiger partial charge in [0.1, 0.15) is 22.4 Å². The number of benzene rings is 2. The molecule has 0 saturated carbocycles. The number of ether oxygens (including phenoxy) is 3. The highest BCUT2D eigenvalue weighted by molar-refractivity contribution is 5.86. The Morgan fingerprint density at radius 3 is 2.59 bits per heavy atom. The van der Waals surface area contributed by atoms with Crippen LogP contribution in [0.1, 0.15) is 67.9 Å². The van der Waals surface area contributed by atoms with Gasteiger partial charge in [0.15, 0.2) is 0 Å². The van der Waals surface area contributed by atoms with Gasteiger partial charge in [0.25, 0.3) is 0 Å². The number of aryl methyl sites for hydroxylation is 2. The Bertz CT molecular complexity index is 1320. The van der Waals surface area contributed by atoms with Crippen LogP contribution >= 0.6 is 0 Å². The van der Waals surface area contributed by atoms with E-state index in [-0.39, 0.29) is 24.4 Å². The van der Waals surface area contributed by atoms with E-state index in [1.54, 1.807) is 23.6 Å². The molecule has 0 fully saturated rings. The second-order valence-corrected chi connectivity index (χ2v) is 10.4. The first kappa shape index (κ1) is 26.4. The van der Waals surface area contributed by atoms with Crippen LogP contribution in [0.25, 0.3) is 11.0 Å². The summed E-state index contributed by atoms with van der Waals surface area (Å²) in [5, 5.41) is 8.55. The molecule has 2 aromatic carbocycles. The minimum absolute atomic E-state index is 0.165. The lowest BCUT2D eigenvalue weighted by atomic mass is 9.83. The van der Waals surface area contributed by atoms with Gasteiger partial charge in [0.05, 0.1) is 20.1 Å². The van der Waals surface area contributed by atoms with Crippen LogP contribution in [-0.4, -0.2) is 57.8 Å². The Balaban J connectivity index is 1.76. The fourth-order valence-electron chi connectivity index (χ4n) is 4.93. The molecule has 1 atom stereocenters. The van der Waals surface area contributed by atoms with Crippen LogP contribution in [0.2, 0.25) is 0 Å². The fourth-order valence-corrected chi connectivity index (χ4v) is 4.93. The van der Waals surface area contributed by atoms with Gasteiger partial charge in [-0.3, -0.25) is 4.79 Å². The predicted octanol–water partition coefficient (Wildman–Crippen LogP) is 4.66. The van der Waals surface area contributed by atoms with Crippen LogP contribution < -0.4 is 4.74 Å². The maximum absolute atomic E-state index is 12.7. The van der Waals surface area contributed by atoms with Crippen molar-refractivity contribution in [3.63, 3.8) is 0 Å². The number of rotatable bonds is 6. The van der Waals surface area contributed by atoms with Gasteiger partial charge < -0.3 is 19.1 Å². The smallest absolute Gasteiger partial charge is 0.410 e. The van der Waals surface area contributed by atoms with Crippen LogP contribution in [-0.2, 0) is 34.3 Å². The molecule has 0 radical (unpaired) electrons. The normalized spacial score (nSPS) is 14.3. The van der Waals surface area contributed by atoms with Gasteiger partial charge in [-0.15, -0.1) is 5.10 Å². The zero-order valence-corrected chi connectivity index (χ0v) is 22.8. The molecule has 37 heavy (non-hydrogen) atoms. The molecule has 4 rings (SSSR count). The van der Waals surface area contributed by atoms with E-state index in [1.807, 2.05) is 40.8 Å². The first-order valence-electron chi connectivity index (χ1n) is 12.6. The summed E-state index contributed by atoms with van der Waals surface area (Å²) in [6, 6.07) is 8.24. The summed E-state index contributed by atoms with van der Waals surface area (Å²) in [5.41, 5.74) is 6.05. The first-order chi connectivity index (χ1) is 17.5. The van der Waals surface area contributed by atoms with E-state index in [0.717, 1.165) is 39.7 Å². The summed E-state index contributed by atoms with van der Waals surface area (Å²) < 4.78 is 18.3. The van der Waals surface area contributed by atoms with Crippen molar-refractivity contribution in [3.05, 3.63) is 52.1 Å². The standard InChI is InChI=1S/C28H36N4O5/c1-8-36-24(33)15-22(21-14-23(35-7)26-25(17(21)2)29-30-31(26)6)19-10-9-18-11-12-32(16-20(18)13-19)27(34)37-28(3,4)5/h9-10,13-14,22H,8,11-12,15-16H2,1-7H3. The Labute approximate surface area is 217 Å². The van der Waals surface area contributed by atoms with Gasteiger partial charge in [0.2, 0.25) is 0 Å². The van der Waals surface area contributed by atoms with Crippen molar-refractivity contribution in [2.45, 2.75) is 65.5 Å². The number of nitrogens with zero attached hydrogens (tertiary/aromatic N) is 4. The molecule has 198 valence electrons. The molecular formula is C28H36N4O5. The molecule has 0 bridgehead atoms. The summed E-state index contributed by atoms with van der Waals surface area (Å²) in [6.07, 6.45) is 0.592. The summed E-state index contributed by atoms with van der Waals surface area (Å²) in [5.74, 6) is 0.0748. The molecule has 0 N–H and O–H groups in total. The van der Waals surface area contributed by atoms with Crippen LogP contribution in [0.15, 0.2) is 24.3 Å². The molecular weight excluding hydrogens is 472 g/mol. The third kappa shape index (κ3) is 5.55. The van der Waals surface area contributed by atoms with E-state index in [1.165, 1.54) is 5.56 Å². The molecule has 9 heteroatoms. The number of aromatic nitrogens is 3. The van der Waals surface area contributed by atoms with Crippen LogP contribution in [0.5, 0.6) is 5.75 Å². The van der Waals surface area contributed by atoms with Crippen LogP contribution in [0.4, 0.5) is 4.79 Å². The lowest BCUT2D eigenvalue weighted by molar-refractivity contribution is -0.143. The maximum Gasteiger partial charge on any atom is 0.410 e. The Hall–Kier alpha value is -3.62. The summed E-state index contributed by atoms with van der Waals surface area (Å²) >= 11 is 0. The Kier molecular flexibility index (Phi) is 7.43. The topological polar surface area (TPSA) is 95.8 Å². The Morgan fingerprint density at radius 2 is 1.92 bits per heavy atom. The lowest BCUT2D eigenvalue weighted by Crippen LogP contribution is -2.39. The molecule has 0 spiro atoms. The molecule has 1 aliphatic heterocycles. The van der Waals surface area contributed by atoms with Crippen LogP contribution in [0, 0.1) is 6.92 Å². The van der Waals surface area contributed by atoms with Gasteiger partial charge in [-0.1, -0.05) is 23.4 Å². The highest BCUT2D eigenvalue weighted by Crippen LogP contribution is 2.39. The molecule has 1 aliphatic rings.